The molecular weight excluding hydrogens is 256 g/mol. The molecule has 0 aromatic heterocycles. The smallest absolute Gasteiger partial charge is 0.260 e. The van der Waals surface area contributed by atoms with Crippen LogP contribution in [-0.4, -0.2) is 38.8 Å². The fourth-order valence-corrected chi connectivity index (χ4v) is 1.77. The number of carbonyl (C=O) groups excluding carboxylic acids is 1. The first-order valence-electron chi connectivity index (χ1n) is 6.89. The van der Waals surface area contributed by atoms with E-state index in [2.05, 4.69) is 5.32 Å². The van der Waals surface area contributed by atoms with Crippen LogP contribution in [0.1, 0.15) is 18.9 Å². The fourth-order valence-electron chi connectivity index (χ4n) is 1.77. The van der Waals surface area contributed by atoms with Crippen LogP contribution in [0.3, 0.4) is 0 Å². The topological polar surface area (TPSA) is 73.6 Å². The number of nitrogens with two attached hydrogens (primary N) is 1. The van der Waals surface area contributed by atoms with Gasteiger partial charge in [0.15, 0.2) is 6.10 Å². The minimum absolute atomic E-state index is 0.120. The SMILES string of the molecule is COCCCNC(=O)C(C)Oc1cccc(CCN)c1. The zero-order valence-corrected chi connectivity index (χ0v) is 12.2. The van der Waals surface area contributed by atoms with E-state index in [0.29, 0.717) is 25.4 Å². The van der Waals surface area contributed by atoms with Gasteiger partial charge in [-0.05, 0) is 44.0 Å². The van der Waals surface area contributed by atoms with Gasteiger partial charge in [0.25, 0.3) is 5.91 Å². The fraction of sp³-hybridized carbons (Fsp3) is 0.533. The van der Waals surface area contributed by atoms with Crippen LogP contribution in [0.15, 0.2) is 24.3 Å². The summed E-state index contributed by atoms with van der Waals surface area (Å²) in [5, 5.41) is 2.81. The van der Waals surface area contributed by atoms with Gasteiger partial charge >= 0.3 is 0 Å². The summed E-state index contributed by atoms with van der Waals surface area (Å²) < 4.78 is 10.6. The van der Waals surface area contributed by atoms with Crippen LogP contribution in [0.5, 0.6) is 5.75 Å². The normalized spacial score (nSPS) is 11.9. The van der Waals surface area contributed by atoms with Crippen LogP contribution in [0.2, 0.25) is 0 Å². The average Bonchev–Trinajstić information content (AvgIpc) is 2.44. The van der Waals surface area contributed by atoms with Gasteiger partial charge in [-0.25, -0.2) is 0 Å². The molecule has 0 saturated heterocycles. The molecule has 112 valence electrons. The van der Waals surface area contributed by atoms with E-state index >= 15 is 0 Å². The number of carbonyl (C=O) groups is 1. The van der Waals surface area contributed by atoms with Crippen molar-refractivity contribution in [1.29, 1.82) is 0 Å². The van der Waals surface area contributed by atoms with Crippen molar-refractivity contribution in [3.63, 3.8) is 0 Å². The van der Waals surface area contributed by atoms with Crippen molar-refractivity contribution in [3.05, 3.63) is 29.8 Å². The van der Waals surface area contributed by atoms with Gasteiger partial charge in [-0.3, -0.25) is 4.79 Å². The Labute approximate surface area is 120 Å². The maximum atomic E-state index is 11.8. The molecule has 0 bridgehead atoms. The molecule has 20 heavy (non-hydrogen) atoms. The van der Waals surface area contributed by atoms with E-state index in [4.69, 9.17) is 15.2 Å². The Kier molecular flexibility index (Phi) is 7.69. The molecule has 3 N–H and O–H groups in total. The van der Waals surface area contributed by atoms with E-state index in [1.165, 1.54) is 0 Å². The summed E-state index contributed by atoms with van der Waals surface area (Å²) in [4.78, 5) is 11.8. The van der Waals surface area contributed by atoms with Crippen molar-refractivity contribution in [2.45, 2.75) is 25.9 Å². The monoisotopic (exact) mass is 280 g/mol. The van der Waals surface area contributed by atoms with Gasteiger partial charge in [0.2, 0.25) is 0 Å². The van der Waals surface area contributed by atoms with Crippen molar-refractivity contribution in [3.8, 4) is 5.75 Å². The molecule has 0 aliphatic carbocycles. The highest BCUT2D eigenvalue weighted by Crippen LogP contribution is 2.15. The first kappa shape index (κ1) is 16.5. The predicted molar refractivity (Wildman–Crippen MR) is 78.8 cm³/mol. The Balaban J connectivity index is 2.42. The molecule has 0 fully saturated rings. The van der Waals surface area contributed by atoms with E-state index in [1.54, 1.807) is 14.0 Å². The summed E-state index contributed by atoms with van der Waals surface area (Å²) >= 11 is 0. The lowest BCUT2D eigenvalue weighted by Crippen LogP contribution is -2.37. The van der Waals surface area contributed by atoms with Crippen LogP contribution in [0.4, 0.5) is 0 Å². The highest BCUT2D eigenvalue weighted by Gasteiger charge is 2.13. The van der Waals surface area contributed by atoms with Gasteiger partial charge in [0.05, 0.1) is 0 Å². The van der Waals surface area contributed by atoms with Gasteiger partial charge < -0.3 is 20.5 Å². The molecule has 5 nitrogen and oxygen atoms in total. The Morgan fingerprint density at radius 1 is 1.45 bits per heavy atom. The minimum atomic E-state index is -0.523. The van der Waals surface area contributed by atoms with Gasteiger partial charge in [0.1, 0.15) is 5.75 Å². The summed E-state index contributed by atoms with van der Waals surface area (Å²) in [6, 6.07) is 7.66. The third-order valence-corrected chi connectivity index (χ3v) is 2.84. The zero-order chi connectivity index (χ0) is 14.8. The molecule has 1 amide bonds. The first-order valence-corrected chi connectivity index (χ1v) is 6.89. The molecule has 0 radical (unpaired) electrons. The second kappa shape index (κ2) is 9.34. The number of amides is 1. The maximum absolute atomic E-state index is 11.8. The summed E-state index contributed by atoms with van der Waals surface area (Å²) in [5.74, 6) is 0.570. The highest BCUT2D eigenvalue weighted by molar-refractivity contribution is 5.80. The minimum Gasteiger partial charge on any atom is -0.481 e. The second-order valence-corrected chi connectivity index (χ2v) is 4.58. The number of hydrogen-bond acceptors (Lipinski definition) is 4. The van der Waals surface area contributed by atoms with Crippen LogP contribution in [0, 0.1) is 0 Å². The van der Waals surface area contributed by atoms with E-state index < -0.39 is 6.10 Å². The first-order chi connectivity index (χ1) is 9.67. The Hall–Kier alpha value is -1.59. The largest absolute Gasteiger partial charge is 0.481 e. The van der Waals surface area contributed by atoms with Crippen molar-refractivity contribution in [2.24, 2.45) is 5.73 Å². The van der Waals surface area contributed by atoms with Crippen LogP contribution < -0.4 is 15.8 Å². The van der Waals surface area contributed by atoms with Gasteiger partial charge in [-0.15, -0.1) is 0 Å². The number of methoxy groups -OCH3 is 1. The van der Waals surface area contributed by atoms with Crippen molar-refractivity contribution >= 4 is 5.91 Å². The predicted octanol–water partition coefficient (Wildman–Crippen LogP) is 1.11. The van der Waals surface area contributed by atoms with Crippen molar-refractivity contribution in [1.82, 2.24) is 5.32 Å². The van der Waals surface area contributed by atoms with E-state index in [-0.39, 0.29) is 5.91 Å². The quantitative estimate of drug-likeness (QED) is 0.665. The third-order valence-electron chi connectivity index (χ3n) is 2.84. The third kappa shape index (κ3) is 6.04. The zero-order valence-electron chi connectivity index (χ0n) is 12.2. The molecule has 5 heteroatoms. The van der Waals surface area contributed by atoms with E-state index in [0.717, 1.165) is 18.4 Å². The Morgan fingerprint density at radius 3 is 2.95 bits per heavy atom. The van der Waals surface area contributed by atoms with E-state index in [1.807, 2.05) is 24.3 Å². The number of nitrogens with one attached hydrogen (secondary N) is 1. The van der Waals surface area contributed by atoms with Gasteiger partial charge in [-0.2, -0.15) is 0 Å². The molecule has 0 heterocycles. The lowest BCUT2D eigenvalue weighted by Gasteiger charge is -2.15. The Morgan fingerprint density at radius 2 is 2.25 bits per heavy atom. The summed E-state index contributed by atoms with van der Waals surface area (Å²) in [6.45, 7) is 3.56. The number of hydrogen-bond donors (Lipinski definition) is 2. The summed E-state index contributed by atoms with van der Waals surface area (Å²) in [7, 11) is 1.64. The lowest BCUT2D eigenvalue weighted by molar-refractivity contribution is -0.127. The molecule has 0 aliphatic rings. The molecule has 0 aliphatic heterocycles. The number of benzene rings is 1. The van der Waals surface area contributed by atoms with Crippen molar-refractivity contribution < 1.29 is 14.3 Å². The lowest BCUT2D eigenvalue weighted by atomic mass is 10.1. The number of rotatable bonds is 9. The highest BCUT2D eigenvalue weighted by atomic mass is 16.5. The molecule has 1 unspecified atom stereocenters. The molecule has 1 rings (SSSR count). The molecule has 1 aromatic carbocycles. The molecule has 1 atom stereocenters. The molecule has 0 saturated carbocycles. The molecular formula is C15H24N2O3. The molecule has 0 spiro atoms. The number of ether oxygens (including phenoxy) is 2. The average molecular weight is 280 g/mol. The van der Waals surface area contributed by atoms with Gasteiger partial charge in [0, 0.05) is 20.3 Å². The summed E-state index contributed by atoms with van der Waals surface area (Å²) in [6.07, 6.45) is 1.07. The van der Waals surface area contributed by atoms with Crippen LogP contribution in [-0.2, 0) is 16.0 Å². The maximum Gasteiger partial charge on any atom is 0.260 e. The molecule has 1 aromatic rings. The Bertz CT molecular complexity index is 410. The summed E-state index contributed by atoms with van der Waals surface area (Å²) in [5.41, 5.74) is 6.63. The van der Waals surface area contributed by atoms with Crippen LogP contribution in [0.25, 0.3) is 0 Å². The van der Waals surface area contributed by atoms with Crippen molar-refractivity contribution in [2.75, 3.05) is 26.8 Å². The van der Waals surface area contributed by atoms with Crippen LogP contribution >= 0.6 is 0 Å². The van der Waals surface area contributed by atoms with E-state index in [9.17, 15) is 4.79 Å². The standard InChI is InChI=1S/C15H24N2O3/c1-12(15(18)17-9-4-10-19-2)20-14-6-3-5-13(11-14)7-8-16/h3,5-6,11-12H,4,7-10,16H2,1-2H3,(H,17,18). The van der Waals surface area contributed by atoms with Gasteiger partial charge in [-0.1, -0.05) is 12.1 Å². The second-order valence-electron chi connectivity index (χ2n) is 4.58.